The fourth-order valence-electron chi connectivity index (χ4n) is 5.91. The monoisotopic (exact) mass is 502 g/mol. The SMILES string of the molecule is Cc1ccc2cc([C@@H](c3nnnn3C3CCCCC3)N(Cc3ccco3)C[C@H]3CCCO3)c(=O)[nH]c2c1. The number of tetrazole rings is 1. The number of benzene rings is 1. The summed E-state index contributed by atoms with van der Waals surface area (Å²) in [5.74, 6) is 1.53. The molecule has 4 aromatic rings. The first-order valence-corrected chi connectivity index (χ1v) is 13.4. The van der Waals surface area contributed by atoms with Crippen LogP contribution < -0.4 is 5.56 Å². The Kier molecular flexibility index (Phi) is 6.89. The maximum Gasteiger partial charge on any atom is 0.253 e. The van der Waals surface area contributed by atoms with E-state index >= 15 is 0 Å². The van der Waals surface area contributed by atoms with Gasteiger partial charge < -0.3 is 14.1 Å². The fraction of sp³-hybridized carbons (Fsp3) is 0.500. The van der Waals surface area contributed by atoms with Crippen molar-refractivity contribution in [3.8, 4) is 0 Å². The van der Waals surface area contributed by atoms with Crippen LogP contribution in [-0.2, 0) is 11.3 Å². The molecule has 1 aliphatic heterocycles. The van der Waals surface area contributed by atoms with E-state index in [1.165, 1.54) is 6.42 Å². The van der Waals surface area contributed by atoms with E-state index in [0.29, 0.717) is 24.5 Å². The van der Waals surface area contributed by atoms with Gasteiger partial charge in [-0.2, -0.15) is 0 Å². The fourth-order valence-corrected chi connectivity index (χ4v) is 5.91. The number of furan rings is 1. The number of rotatable bonds is 8. The lowest BCUT2D eigenvalue weighted by Gasteiger charge is -2.33. The van der Waals surface area contributed by atoms with Gasteiger partial charge in [0.2, 0.25) is 0 Å². The van der Waals surface area contributed by atoms with Crippen molar-refractivity contribution in [1.82, 2.24) is 30.1 Å². The second-order valence-electron chi connectivity index (χ2n) is 10.5. The molecule has 2 atom stereocenters. The summed E-state index contributed by atoms with van der Waals surface area (Å²) in [6.07, 6.45) is 9.45. The van der Waals surface area contributed by atoms with Crippen LogP contribution in [0.2, 0.25) is 0 Å². The molecule has 194 valence electrons. The number of ether oxygens (including phenoxy) is 1. The first-order chi connectivity index (χ1) is 18.2. The van der Waals surface area contributed by atoms with E-state index in [9.17, 15) is 4.79 Å². The van der Waals surface area contributed by atoms with Crippen molar-refractivity contribution in [3.05, 3.63) is 75.7 Å². The van der Waals surface area contributed by atoms with Crippen LogP contribution in [0.15, 0.2) is 51.9 Å². The lowest BCUT2D eigenvalue weighted by molar-refractivity contribution is 0.0539. The molecular weight excluding hydrogens is 468 g/mol. The number of aromatic nitrogens is 5. The van der Waals surface area contributed by atoms with Crippen LogP contribution in [0.25, 0.3) is 10.9 Å². The Balaban J connectivity index is 1.49. The Bertz CT molecular complexity index is 1380. The predicted molar refractivity (Wildman–Crippen MR) is 139 cm³/mol. The highest BCUT2D eigenvalue weighted by Gasteiger charge is 2.35. The lowest BCUT2D eigenvalue weighted by Crippen LogP contribution is -2.39. The number of aromatic amines is 1. The van der Waals surface area contributed by atoms with E-state index in [2.05, 4.69) is 37.5 Å². The summed E-state index contributed by atoms with van der Waals surface area (Å²) in [6.45, 7) is 3.95. The molecule has 0 amide bonds. The molecule has 1 N–H and O–H groups in total. The van der Waals surface area contributed by atoms with Crippen molar-refractivity contribution >= 4 is 10.9 Å². The Morgan fingerprint density at radius 2 is 2.03 bits per heavy atom. The van der Waals surface area contributed by atoms with E-state index in [1.807, 2.05) is 35.9 Å². The van der Waals surface area contributed by atoms with E-state index < -0.39 is 6.04 Å². The van der Waals surface area contributed by atoms with Gasteiger partial charge in [-0.3, -0.25) is 9.69 Å². The van der Waals surface area contributed by atoms with Gasteiger partial charge in [-0.05, 0) is 78.2 Å². The summed E-state index contributed by atoms with van der Waals surface area (Å²) in [6, 6.07) is 11.8. The van der Waals surface area contributed by atoms with Crippen molar-refractivity contribution in [2.75, 3.05) is 13.2 Å². The number of fused-ring (bicyclic) bond motifs is 1. The van der Waals surface area contributed by atoms with Gasteiger partial charge in [0.15, 0.2) is 5.82 Å². The highest BCUT2D eigenvalue weighted by atomic mass is 16.5. The Labute approximate surface area is 215 Å². The number of aryl methyl sites for hydroxylation is 1. The average molecular weight is 503 g/mol. The maximum atomic E-state index is 13.7. The summed E-state index contributed by atoms with van der Waals surface area (Å²) in [5.41, 5.74) is 2.44. The molecule has 9 heteroatoms. The minimum Gasteiger partial charge on any atom is -0.468 e. The Morgan fingerprint density at radius 1 is 1.14 bits per heavy atom. The largest absolute Gasteiger partial charge is 0.468 e. The number of nitrogens with zero attached hydrogens (tertiary/aromatic N) is 5. The molecule has 4 heterocycles. The summed E-state index contributed by atoms with van der Waals surface area (Å²) in [5, 5.41) is 14.1. The van der Waals surface area contributed by atoms with Crippen LogP contribution in [0.5, 0.6) is 0 Å². The van der Waals surface area contributed by atoms with Gasteiger partial charge in [0.05, 0.1) is 25.0 Å². The van der Waals surface area contributed by atoms with Gasteiger partial charge in [0.1, 0.15) is 11.8 Å². The second kappa shape index (κ2) is 10.6. The molecular formula is C28H34N6O3. The van der Waals surface area contributed by atoms with Gasteiger partial charge in [-0.25, -0.2) is 4.68 Å². The van der Waals surface area contributed by atoms with Crippen molar-refractivity contribution in [1.29, 1.82) is 0 Å². The summed E-state index contributed by atoms with van der Waals surface area (Å²) >= 11 is 0. The zero-order valence-corrected chi connectivity index (χ0v) is 21.3. The van der Waals surface area contributed by atoms with Crippen LogP contribution in [-0.4, -0.2) is 49.3 Å². The Morgan fingerprint density at radius 3 is 2.81 bits per heavy atom. The zero-order valence-electron chi connectivity index (χ0n) is 21.3. The summed E-state index contributed by atoms with van der Waals surface area (Å²) < 4.78 is 13.8. The highest BCUT2D eigenvalue weighted by Crippen LogP contribution is 2.34. The molecule has 1 aromatic carbocycles. The third-order valence-electron chi connectivity index (χ3n) is 7.77. The highest BCUT2D eigenvalue weighted by molar-refractivity contribution is 5.79. The molecule has 6 rings (SSSR count). The third-order valence-corrected chi connectivity index (χ3v) is 7.77. The molecule has 9 nitrogen and oxygen atoms in total. The Hall–Kier alpha value is -3.30. The molecule has 0 spiro atoms. The van der Waals surface area contributed by atoms with Crippen LogP contribution in [0, 0.1) is 6.92 Å². The number of hydrogen-bond acceptors (Lipinski definition) is 7. The minimum atomic E-state index is -0.458. The van der Waals surface area contributed by atoms with Crippen LogP contribution in [0.1, 0.15) is 79.7 Å². The maximum absolute atomic E-state index is 13.7. The molecule has 2 aliphatic rings. The van der Waals surface area contributed by atoms with Crippen molar-refractivity contribution < 1.29 is 9.15 Å². The number of hydrogen-bond donors (Lipinski definition) is 1. The van der Waals surface area contributed by atoms with Crippen molar-refractivity contribution in [2.45, 2.75) is 76.6 Å². The number of H-pyrrole nitrogens is 1. The van der Waals surface area contributed by atoms with Crippen molar-refractivity contribution in [2.24, 2.45) is 0 Å². The van der Waals surface area contributed by atoms with E-state index in [4.69, 9.17) is 9.15 Å². The predicted octanol–water partition coefficient (Wildman–Crippen LogP) is 4.69. The van der Waals surface area contributed by atoms with Gasteiger partial charge in [0, 0.05) is 24.2 Å². The van der Waals surface area contributed by atoms with Crippen LogP contribution in [0.4, 0.5) is 0 Å². The van der Waals surface area contributed by atoms with E-state index in [0.717, 1.165) is 67.4 Å². The molecule has 0 unspecified atom stereocenters. The minimum absolute atomic E-state index is 0.0821. The van der Waals surface area contributed by atoms with E-state index in [1.54, 1.807) is 6.26 Å². The average Bonchev–Trinajstić information content (AvgIpc) is 3.69. The molecule has 0 bridgehead atoms. The van der Waals surface area contributed by atoms with Crippen molar-refractivity contribution in [3.63, 3.8) is 0 Å². The molecule has 1 aliphatic carbocycles. The van der Waals surface area contributed by atoms with Gasteiger partial charge in [-0.15, -0.1) is 5.10 Å². The smallest absolute Gasteiger partial charge is 0.253 e. The topological polar surface area (TPSA) is 102 Å². The molecule has 3 aromatic heterocycles. The molecule has 1 saturated heterocycles. The van der Waals surface area contributed by atoms with Crippen LogP contribution >= 0.6 is 0 Å². The van der Waals surface area contributed by atoms with Gasteiger partial charge in [0.25, 0.3) is 5.56 Å². The first kappa shape index (κ1) is 24.1. The zero-order chi connectivity index (χ0) is 25.2. The standard InChI is InChI=1S/C28H34N6O3/c1-19-11-12-20-16-24(28(35)29-25(20)15-19)26(27-30-31-32-34(27)21-7-3-2-4-8-21)33(17-22-9-5-13-36-22)18-23-10-6-14-37-23/h5,9,11-13,15-16,21,23,26H,2-4,6-8,10,14,17-18H2,1H3,(H,29,35)/t23-,26+/m1/s1. The van der Waals surface area contributed by atoms with Gasteiger partial charge in [-0.1, -0.05) is 31.4 Å². The normalized spacial score (nSPS) is 19.7. The molecule has 0 radical (unpaired) electrons. The molecule has 2 fully saturated rings. The number of pyridine rings is 1. The lowest BCUT2D eigenvalue weighted by atomic mass is 9.95. The third kappa shape index (κ3) is 5.10. The summed E-state index contributed by atoms with van der Waals surface area (Å²) in [4.78, 5) is 19.1. The number of nitrogens with one attached hydrogen (secondary N) is 1. The molecule has 1 saturated carbocycles. The second-order valence-corrected chi connectivity index (χ2v) is 10.5. The van der Waals surface area contributed by atoms with Crippen LogP contribution in [0.3, 0.4) is 0 Å². The quantitative estimate of drug-likeness (QED) is 0.373. The summed E-state index contributed by atoms with van der Waals surface area (Å²) in [7, 11) is 0. The van der Waals surface area contributed by atoms with E-state index in [-0.39, 0.29) is 17.7 Å². The first-order valence-electron chi connectivity index (χ1n) is 13.4. The molecule has 37 heavy (non-hydrogen) atoms. The van der Waals surface area contributed by atoms with Gasteiger partial charge >= 0.3 is 0 Å².